The summed E-state index contributed by atoms with van der Waals surface area (Å²) in [6.07, 6.45) is 0.486. The van der Waals surface area contributed by atoms with Crippen molar-refractivity contribution in [3.05, 3.63) is 35.9 Å². The predicted octanol–water partition coefficient (Wildman–Crippen LogP) is 2.59. The first kappa shape index (κ1) is 13.9. The van der Waals surface area contributed by atoms with Gasteiger partial charge in [0.15, 0.2) is 0 Å². The molecule has 0 saturated carbocycles. The molecule has 0 radical (unpaired) electrons. The van der Waals surface area contributed by atoms with Crippen molar-refractivity contribution in [2.24, 2.45) is 0 Å². The number of nitriles is 1. The van der Waals surface area contributed by atoms with Gasteiger partial charge >= 0.3 is 5.97 Å². The van der Waals surface area contributed by atoms with E-state index in [0.717, 1.165) is 17.3 Å². The fraction of sp³-hybridized carbons (Fsp3) is 0.333. The van der Waals surface area contributed by atoms with Gasteiger partial charge in [-0.1, -0.05) is 30.3 Å². The molecule has 0 unspecified atom stereocenters. The van der Waals surface area contributed by atoms with E-state index in [1.54, 1.807) is 0 Å². The van der Waals surface area contributed by atoms with Gasteiger partial charge in [-0.25, -0.2) is 0 Å². The molecule has 1 aromatic carbocycles. The van der Waals surface area contributed by atoms with Crippen molar-refractivity contribution < 1.29 is 9.53 Å². The van der Waals surface area contributed by atoms with Crippen LogP contribution >= 0.6 is 23.4 Å². The fourth-order valence-electron chi connectivity index (χ4n) is 1.30. The second-order valence-electron chi connectivity index (χ2n) is 3.24. The molecular formula is C12H12ClNO2S. The Hall–Kier alpha value is -1.18. The first-order valence-corrected chi connectivity index (χ1v) is 6.50. The van der Waals surface area contributed by atoms with E-state index in [2.05, 4.69) is 0 Å². The van der Waals surface area contributed by atoms with Crippen molar-refractivity contribution in [2.45, 2.75) is 11.7 Å². The Morgan fingerprint density at radius 2 is 2.18 bits per heavy atom. The number of rotatable bonds is 6. The van der Waals surface area contributed by atoms with Gasteiger partial charge in [0.2, 0.25) is 0 Å². The zero-order chi connectivity index (χ0) is 12.5. The SMILES string of the molecule is N#CS[C@H](Cc1ccccc1)C(=O)OCCCl. The quantitative estimate of drug-likeness (QED) is 0.452. The largest absolute Gasteiger partial charge is 0.464 e. The summed E-state index contributed by atoms with van der Waals surface area (Å²) in [5.74, 6) is -0.123. The van der Waals surface area contributed by atoms with E-state index in [1.807, 2.05) is 35.7 Å². The number of thiocyanates is 1. The third kappa shape index (κ3) is 5.12. The van der Waals surface area contributed by atoms with E-state index in [0.29, 0.717) is 6.42 Å². The van der Waals surface area contributed by atoms with Crippen LogP contribution in [0.5, 0.6) is 0 Å². The molecule has 90 valence electrons. The van der Waals surface area contributed by atoms with Gasteiger partial charge in [0.25, 0.3) is 0 Å². The first-order chi connectivity index (χ1) is 8.27. The Morgan fingerprint density at radius 1 is 1.47 bits per heavy atom. The molecule has 0 aromatic heterocycles. The predicted molar refractivity (Wildman–Crippen MR) is 68.8 cm³/mol. The van der Waals surface area contributed by atoms with E-state index in [-0.39, 0.29) is 18.5 Å². The molecule has 17 heavy (non-hydrogen) atoms. The molecule has 0 N–H and O–H groups in total. The Labute approximate surface area is 110 Å². The van der Waals surface area contributed by atoms with Crippen LogP contribution in [0.3, 0.4) is 0 Å². The molecule has 1 rings (SSSR count). The molecule has 0 saturated heterocycles. The van der Waals surface area contributed by atoms with Crippen LogP contribution in [-0.2, 0) is 16.0 Å². The maximum Gasteiger partial charge on any atom is 0.320 e. The Kier molecular flexibility index (Phi) is 6.53. The maximum atomic E-state index is 11.6. The van der Waals surface area contributed by atoms with Gasteiger partial charge in [0.1, 0.15) is 17.3 Å². The number of ether oxygens (including phenoxy) is 1. The van der Waals surface area contributed by atoms with Crippen LogP contribution in [0.1, 0.15) is 5.56 Å². The molecule has 0 aliphatic carbocycles. The summed E-state index contributed by atoms with van der Waals surface area (Å²) in [5.41, 5.74) is 1.00. The molecule has 0 aliphatic heterocycles. The van der Waals surface area contributed by atoms with Crippen molar-refractivity contribution in [1.29, 1.82) is 5.26 Å². The number of hydrogen-bond acceptors (Lipinski definition) is 4. The lowest BCUT2D eigenvalue weighted by molar-refractivity contribution is -0.142. The summed E-state index contributed by atoms with van der Waals surface area (Å²) in [7, 11) is 0. The number of esters is 1. The zero-order valence-electron chi connectivity index (χ0n) is 9.14. The molecule has 0 fully saturated rings. The lowest BCUT2D eigenvalue weighted by Gasteiger charge is -2.11. The molecule has 0 spiro atoms. The number of hydrogen-bond donors (Lipinski definition) is 0. The van der Waals surface area contributed by atoms with Crippen molar-refractivity contribution >= 4 is 29.3 Å². The van der Waals surface area contributed by atoms with Gasteiger partial charge in [-0.3, -0.25) is 4.79 Å². The zero-order valence-corrected chi connectivity index (χ0v) is 10.7. The standard InChI is InChI=1S/C12H12ClNO2S/c13-6-7-16-12(15)11(17-9-14)8-10-4-2-1-3-5-10/h1-5,11H,6-8H2/t11-/m1/s1. The van der Waals surface area contributed by atoms with Crippen LogP contribution in [0.25, 0.3) is 0 Å². The van der Waals surface area contributed by atoms with Crippen LogP contribution in [-0.4, -0.2) is 23.7 Å². The summed E-state index contributed by atoms with van der Waals surface area (Å²) in [4.78, 5) is 11.6. The number of alkyl halides is 1. The summed E-state index contributed by atoms with van der Waals surface area (Å²) in [5, 5.41) is 10.1. The van der Waals surface area contributed by atoms with Gasteiger partial charge in [-0.05, 0) is 23.7 Å². The molecule has 1 atom stereocenters. The highest BCUT2D eigenvalue weighted by atomic mass is 35.5. The summed E-state index contributed by atoms with van der Waals surface area (Å²) >= 11 is 6.36. The van der Waals surface area contributed by atoms with Gasteiger partial charge in [0, 0.05) is 0 Å². The maximum absolute atomic E-state index is 11.6. The summed E-state index contributed by atoms with van der Waals surface area (Å²) in [6.45, 7) is 0.178. The van der Waals surface area contributed by atoms with E-state index < -0.39 is 5.25 Å². The van der Waals surface area contributed by atoms with E-state index in [4.69, 9.17) is 21.6 Å². The number of benzene rings is 1. The van der Waals surface area contributed by atoms with Crippen molar-refractivity contribution in [3.8, 4) is 5.40 Å². The molecule has 0 amide bonds. The van der Waals surface area contributed by atoms with E-state index >= 15 is 0 Å². The highest BCUT2D eigenvalue weighted by Crippen LogP contribution is 2.17. The highest BCUT2D eigenvalue weighted by molar-refractivity contribution is 8.04. The number of carbonyl (C=O) groups is 1. The van der Waals surface area contributed by atoms with E-state index in [9.17, 15) is 4.79 Å². The minimum Gasteiger partial charge on any atom is -0.464 e. The fourth-order valence-corrected chi connectivity index (χ4v) is 1.94. The second-order valence-corrected chi connectivity index (χ2v) is 4.61. The van der Waals surface area contributed by atoms with Crippen LogP contribution in [0, 0.1) is 10.7 Å². The number of nitrogens with zero attached hydrogens (tertiary/aromatic N) is 1. The molecule has 0 heterocycles. The third-order valence-electron chi connectivity index (χ3n) is 2.04. The minimum absolute atomic E-state index is 0.178. The molecule has 1 aromatic rings. The van der Waals surface area contributed by atoms with E-state index in [1.165, 1.54) is 0 Å². The smallest absolute Gasteiger partial charge is 0.320 e. The van der Waals surface area contributed by atoms with Crippen molar-refractivity contribution in [1.82, 2.24) is 0 Å². The Morgan fingerprint density at radius 3 is 2.76 bits per heavy atom. The molecular weight excluding hydrogens is 258 g/mol. The van der Waals surface area contributed by atoms with Crippen molar-refractivity contribution in [2.75, 3.05) is 12.5 Å². The normalized spacial score (nSPS) is 11.5. The topological polar surface area (TPSA) is 50.1 Å². The lowest BCUT2D eigenvalue weighted by atomic mass is 10.1. The lowest BCUT2D eigenvalue weighted by Crippen LogP contribution is -2.23. The minimum atomic E-state index is -0.495. The monoisotopic (exact) mass is 269 g/mol. The summed E-state index contributed by atoms with van der Waals surface area (Å²) in [6, 6.07) is 9.53. The third-order valence-corrected chi connectivity index (χ3v) is 2.95. The van der Waals surface area contributed by atoms with Crippen LogP contribution < -0.4 is 0 Å². The average molecular weight is 270 g/mol. The molecule has 5 heteroatoms. The average Bonchev–Trinajstić information content (AvgIpc) is 2.36. The Bertz CT molecular complexity index is 391. The van der Waals surface area contributed by atoms with Crippen molar-refractivity contribution in [3.63, 3.8) is 0 Å². The van der Waals surface area contributed by atoms with Gasteiger partial charge in [0.05, 0.1) is 5.88 Å². The first-order valence-electron chi connectivity index (χ1n) is 5.09. The number of halogens is 1. The molecule has 0 aliphatic rings. The van der Waals surface area contributed by atoms with Crippen LogP contribution in [0.15, 0.2) is 30.3 Å². The Balaban J connectivity index is 2.60. The number of carbonyl (C=O) groups excluding carboxylic acids is 1. The van der Waals surface area contributed by atoms with Gasteiger partial charge in [-0.15, -0.1) is 11.6 Å². The molecule has 0 bridgehead atoms. The van der Waals surface area contributed by atoms with Crippen LogP contribution in [0.4, 0.5) is 0 Å². The summed E-state index contributed by atoms with van der Waals surface area (Å²) < 4.78 is 4.94. The second kappa shape index (κ2) is 7.99. The van der Waals surface area contributed by atoms with Gasteiger partial charge < -0.3 is 4.74 Å². The molecule has 3 nitrogen and oxygen atoms in total. The number of thioether (sulfide) groups is 1. The van der Waals surface area contributed by atoms with Gasteiger partial charge in [-0.2, -0.15) is 5.26 Å². The van der Waals surface area contributed by atoms with Crippen LogP contribution in [0.2, 0.25) is 0 Å². The highest BCUT2D eigenvalue weighted by Gasteiger charge is 2.21.